The fourth-order valence-corrected chi connectivity index (χ4v) is 5.12. The molecule has 0 saturated carbocycles. The number of hydrogen-bond donors (Lipinski definition) is 1. The number of halogens is 1. The first-order valence-electron chi connectivity index (χ1n) is 11.5. The van der Waals surface area contributed by atoms with Gasteiger partial charge in [0.25, 0.3) is 5.91 Å². The van der Waals surface area contributed by atoms with Crippen molar-refractivity contribution in [2.24, 2.45) is 5.92 Å². The molecule has 2 heterocycles. The third kappa shape index (κ3) is 5.69. The highest BCUT2D eigenvalue weighted by Gasteiger charge is 2.29. The molecule has 33 heavy (non-hydrogen) atoms. The molecule has 1 saturated heterocycles. The second-order valence-electron chi connectivity index (χ2n) is 8.52. The Hall–Kier alpha value is -2.99. The van der Waals surface area contributed by atoms with Crippen molar-refractivity contribution >= 4 is 23.2 Å². The zero-order valence-electron chi connectivity index (χ0n) is 18.8. The average molecular weight is 465 g/mol. The summed E-state index contributed by atoms with van der Waals surface area (Å²) >= 11 is 1.64. The number of likely N-dealkylation sites (tertiary alicyclic amines) is 1. The molecule has 0 spiro atoms. The lowest BCUT2D eigenvalue weighted by atomic mass is 9.94. The van der Waals surface area contributed by atoms with Gasteiger partial charge in [0.15, 0.2) is 0 Å². The minimum Gasteiger partial charge on any atom is -0.344 e. The van der Waals surface area contributed by atoms with Crippen LogP contribution in [0.15, 0.2) is 66.0 Å². The van der Waals surface area contributed by atoms with Gasteiger partial charge in [0.2, 0.25) is 5.91 Å². The largest absolute Gasteiger partial charge is 0.344 e. The molecule has 0 aliphatic carbocycles. The zero-order valence-corrected chi connectivity index (χ0v) is 19.6. The average Bonchev–Trinajstić information content (AvgIpc) is 3.38. The van der Waals surface area contributed by atoms with Crippen molar-refractivity contribution in [2.75, 3.05) is 13.1 Å². The Balaban J connectivity index is 1.39. The summed E-state index contributed by atoms with van der Waals surface area (Å²) in [6.07, 6.45) is 3.38. The normalized spacial score (nSPS) is 15.3. The smallest absolute Gasteiger partial charge is 0.253 e. The van der Waals surface area contributed by atoms with Gasteiger partial charge in [0, 0.05) is 29.4 Å². The van der Waals surface area contributed by atoms with Crippen molar-refractivity contribution in [3.05, 3.63) is 93.4 Å². The maximum Gasteiger partial charge on any atom is 0.253 e. The first-order valence-corrected chi connectivity index (χ1v) is 12.4. The summed E-state index contributed by atoms with van der Waals surface area (Å²) in [7, 11) is 0. The van der Waals surface area contributed by atoms with Crippen LogP contribution in [0.4, 0.5) is 4.39 Å². The third-order valence-electron chi connectivity index (χ3n) is 6.21. The molecule has 2 aromatic carbocycles. The van der Waals surface area contributed by atoms with E-state index in [1.54, 1.807) is 16.2 Å². The van der Waals surface area contributed by atoms with Crippen LogP contribution in [-0.4, -0.2) is 29.8 Å². The van der Waals surface area contributed by atoms with Crippen LogP contribution in [0.1, 0.15) is 58.6 Å². The Kier molecular flexibility index (Phi) is 7.55. The van der Waals surface area contributed by atoms with Gasteiger partial charge in [-0.3, -0.25) is 9.59 Å². The Bertz CT molecular complexity index is 1060. The maximum absolute atomic E-state index is 13.2. The lowest BCUT2D eigenvalue weighted by Gasteiger charge is -2.32. The molecule has 1 atom stereocenters. The number of amides is 2. The van der Waals surface area contributed by atoms with Gasteiger partial charge < -0.3 is 10.2 Å². The number of carbonyl (C=O) groups is 2. The van der Waals surface area contributed by atoms with Gasteiger partial charge in [0.05, 0.1) is 6.04 Å². The number of nitrogens with zero attached hydrogens (tertiary/aromatic N) is 1. The Labute approximate surface area is 198 Å². The van der Waals surface area contributed by atoms with Gasteiger partial charge in [-0.15, -0.1) is 11.3 Å². The number of aryl methyl sites for hydroxylation is 1. The molecular formula is C27H29FN2O2S. The van der Waals surface area contributed by atoms with E-state index in [0.29, 0.717) is 31.5 Å². The number of carbonyl (C=O) groups excluding carboxylic acids is 2. The molecule has 1 aliphatic heterocycles. The Morgan fingerprint density at radius 1 is 1.06 bits per heavy atom. The molecule has 0 bridgehead atoms. The van der Waals surface area contributed by atoms with Crippen LogP contribution in [-0.2, 0) is 11.2 Å². The lowest BCUT2D eigenvalue weighted by molar-refractivity contribution is -0.126. The number of hydrogen-bond acceptors (Lipinski definition) is 3. The molecule has 1 aliphatic rings. The van der Waals surface area contributed by atoms with Crippen molar-refractivity contribution in [3.63, 3.8) is 0 Å². The first kappa shape index (κ1) is 23.2. The SMILES string of the molecule is CCCc1ccc(C(NC(=O)C2CCN(C(=O)c3ccc(F)cc3)CC2)c2cccs2)cc1. The topological polar surface area (TPSA) is 49.4 Å². The van der Waals surface area contributed by atoms with E-state index in [2.05, 4.69) is 42.6 Å². The molecule has 1 fully saturated rings. The summed E-state index contributed by atoms with van der Waals surface area (Å²) in [5.41, 5.74) is 2.86. The molecule has 172 valence electrons. The van der Waals surface area contributed by atoms with Crippen LogP contribution in [0, 0.1) is 11.7 Å². The van der Waals surface area contributed by atoms with Crippen molar-refractivity contribution in [1.82, 2.24) is 10.2 Å². The lowest BCUT2D eigenvalue weighted by Crippen LogP contribution is -2.43. The minimum atomic E-state index is -0.359. The maximum atomic E-state index is 13.2. The van der Waals surface area contributed by atoms with Crippen LogP contribution in [0.2, 0.25) is 0 Å². The summed E-state index contributed by atoms with van der Waals surface area (Å²) in [6, 6.07) is 18.0. The predicted molar refractivity (Wildman–Crippen MR) is 130 cm³/mol. The monoisotopic (exact) mass is 464 g/mol. The zero-order chi connectivity index (χ0) is 23.2. The van der Waals surface area contributed by atoms with E-state index in [9.17, 15) is 14.0 Å². The van der Waals surface area contributed by atoms with Crippen LogP contribution >= 0.6 is 11.3 Å². The molecule has 1 unspecified atom stereocenters. The highest BCUT2D eigenvalue weighted by Crippen LogP contribution is 2.28. The summed E-state index contributed by atoms with van der Waals surface area (Å²) in [5, 5.41) is 5.29. The van der Waals surface area contributed by atoms with E-state index < -0.39 is 0 Å². The fourth-order valence-electron chi connectivity index (χ4n) is 4.32. The van der Waals surface area contributed by atoms with E-state index in [1.807, 2.05) is 11.4 Å². The first-order chi connectivity index (χ1) is 16.0. The van der Waals surface area contributed by atoms with Crippen LogP contribution in [0.5, 0.6) is 0 Å². The van der Waals surface area contributed by atoms with Crippen molar-refractivity contribution in [3.8, 4) is 0 Å². The molecule has 1 aromatic heterocycles. The molecule has 6 heteroatoms. The number of thiophene rings is 1. The molecule has 3 aromatic rings. The molecular weight excluding hydrogens is 435 g/mol. The van der Waals surface area contributed by atoms with Crippen molar-refractivity contribution < 1.29 is 14.0 Å². The minimum absolute atomic E-state index is 0.0277. The quantitative estimate of drug-likeness (QED) is 0.495. The van der Waals surface area contributed by atoms with Crippen LogP contribution in [0.3, 0.4) is 0 Å². The van der Waals surface area contributed by atoms with Gasteiger partial charge in [-0.2, -0.15) is 0 Å². The third-order valence-corrected chi connectivity index (χ3v) is 7.15. The van der Waals surface area contributed by atoms with E-state index in [-0.39, 0.29) is 29.6 Å². The molecule has 2 amide bonds. The number of rotatable bonds is 7. The van der Waals surface area contributed by atoms with Gasteiger partial charge >= 0.3 is 0 Å². The molecule has 1 N–H and O–H groups in total. The Morgan fingerprint density at radius 2 is 1.76 bits per heavy atom. The highest BCUT2D eigenvalue weighted by molar-refractivity contribution is 7.10. The van der Waals surface area contributed by atoms with Crippen LogP contribution < -0.4 is 5.32 Å². The summed E-state index contributed by atoms with van der Waals surface area (Å²) in [4.78, 5) is 28.7. The standard InChI is InChI=1S/C27H29FN2O2S/c1-2-4-19-6-8-20(9-7-19)25(24-5-3-18-33-24)29-26(31)21-14-16-30(17-15-21)27(32)22-10-12-23(28)13-11-22/h3,5-13,18,21,25H,2,4,14-17H2,1H3,(H,29,31). The van der Waals surface area contributed by atoms with E-state index >= 15 is 0 Å². The van der Waals surface area contributed by atoms with E-state index in [0.717, 1.165) is 23.3 Å². The van der Waals surface area contributed by atoms with E-state index in [1.165, 1.54) is 29.8 Å². The number of piperidine rings is 1. The molecule has 4 rings (SSSR count). The van der Waals surface area contributed by atoms with Crippen LogP contribution in [0.25, 0.3) is 0 Å². The number of benzene rings is 2. The second-order valence-corrected chi connectivity index (χ2v) is 9.50. The summed E-state index contributed by atoms with van der Waals surface area (Å²) in [6.45, 7) is 3.20. The van der Waals surface area contributed by atoms with Crippen molar-refractivity contribution in [2.45, 2.75) is 38.6 Å². The van der Waals surface area contributed by atoms with Gasteiger partial charge in [-0.25, -0.2) is 4.39 Å². The highest BCUT2D eigenvalue weighted by atomic mass is 32.1. The second kappa shape index (κ2) is 10.8. The number of nitrogens with one attached hydrogen (secondary N) is 1. The molecule has 0 radical (unpaired) electrons. The molecule has 4 nitrogen and oxygen atoms in total. The Morgan fingerprint density at radius 3 is 2.36 bits per heavy atom. The van der Waals surface area contributed by atoms with Crippen molar-refractivity contribution in [1.29, 1.82) is 0 Å². The van der Waals surface area contributed by atoms with Gasteiger partial charge in [0.1, 0.15) is 5.82 Å². The van der Waals surface area contributed by atoms with E-state index in [4.69, 9.17) is 0 Å². The summed E-state index contributed by atoms with van der Waals surface area (Å²) < 4.78 is 13.1. The summed E-state index contributed by atoms with van der Waals surface area (Å²) in [5.74, 6) is -0.580. The predicted octanol–water partition coefficient (Wildman–Crippen LogP) is 5.60. The van der Waals surface area contributed by atoms with Gasteiger partial charge in [-0.05, 0) is 66.1 Å². The fraction of sp³-hybridized carbons (Fsp3) is 0.333. The van der Waals surface area contributed by atoms with Gasteiger partial charge in [-0.1, -0.05) is 43.7 Å².